The van der Waals surface area contributed by atoms with Gasteiger partial charge in [-0.25, -0.2) is 9.18 Å². The standard InChI is InChI=1S/C13H10FNO2/c14-9-4-5-11(13(16)17)12(7-9)8-2-1-3-10(15)6-8/h1-7H,15H2,(H,16,17). The second kappa shape index (κ2) is 4.25. The number of anilines is 1. The molecular weight excluding hydrogens is 221 g/mol. The van der Waals surface area contributed by atoms with Crippen molar-refractivity contribution in [3.8, 4) is 11.1 Å². The number of hydrogen-bond donors (Lipinski definition) is 2. The lowest BCUT2D eigenvalue weighted by Gasteiger charge is -2.07. The minimum Gasteiger partial charge on any atom is -0.478 e. The molecule has 0 aliphatic rings. The van der Waals surface area contributed by atoms with E-state index >= 15 is 0 Å². The van der Waals surface area contributed by atoms with Crippen LogP contribution in [0.4, 0.5) is 10.1 Å². The molecule has 0 aromatic heterocycles. The summed E-state index contributed by atoms with van der Waals surface area (Å²) in [4.78, 5) is 11.0. The molecule has 2 aromatic rings. The number of hydrogen-bond acceptors (Lipinski definition) is 2. The summed E-state index contributed by atoms with van der Waals surface area (Å²) >= 11 is 0. The number of benzene rings is 2. The highest BCUT2D eigenvalue weighted by Gasteiger charge is 2.12. The first-order valence-corrected chi connectivity index (χ1v) is 4.96. The highest BCUT2D eigenvalue weighted by molar-refractivity contribution is 5.96. The zero-order chi connectivity index (χ0) is 12.4. The van der Waals surface area contributed by atoms with Gasteiger partial charge in [0.2, 0.25) is 0 Å². The van der Waals surface area contributed by atoms with Crippen LogP contribution in [0, 0.1) is 5.82 Å². The smallest absolute Gasteiger partial charge is 0.336 e. The largest absolute Gasteiger partial charge is 0.478 e. The molecule has 0 aliphatic carbocycles. The van der Waals surface area contributed by atoms with Crippen molar-refractivity contribution in [2.75, 3.05) is 5.73 Å². The van der Waals surface area contributed by atoms with E-state index in [1.807, 2.05) is 0 Å². The Bertz CT molecular complexity index is 581. The van der Waals surface area contributed by atoms with Crippen LogP contribution in [0.25, 0.3) is 11.1 Å². The third-order valence-electron chi connectivity index (χ3n) is 2.41. The summed E-state index contributed by atoms with van der Waals surface area (Å²) in [6.45, 7) is 0. The van der Waals surface area contributed by atoms with Gasteiger partial charge in [0.15, 0.2) is 0 Å². The molecular formula is C13H10FNO2. The Morgan fingerprint density at radius 1 is 1.18 bits per heavy atom. The third-order valence-corrected chi connectivity index (χ3v) is 2.41. The second-order valence-corrected chi connectivity index (χ2v) is 3.62. The molecule has 3 nitrogen and oxygen atoms in total. The fourth-order valence-corrected chi connectivity index (χ4v) is 1.65. The van der Waals surface area contributed by atoms with E-state index in [0.29, 0.717) is 16.8 Å². The van der Waals surface area contributed by atoms with Crippen molar-refractivity contribution in [1.29, 1.82) is 0 Å². The van der Waals surface area contributed by atoms with Gasteiger partial charge in [0.05, 0.1) is 5.56 Å². The normalized spacial score (nSPS) is 10.2. The van der Waals surface area contributed by atoms with E-state index in [1.54, 1.807) is 24.3 Å². The Labute approximate surface area is 97.3 Å². The van der Waals surface area contributed by atoms with Crippen LogP contribution >= 0.6 is 0 Å². The van der Waals surface area contributed by atoms with Gasteiger partial charge >= 0.3 is 5.97 Å². The molecule has 4 heteroatoms. The summed E-state index contributed by atoms with van der Waals surface area (Å²) in [7, 11) is 0. The van der Waals surface area contributed by atoms with Gasteiger partial charge in [-0.3, -0.25) is 0 Å². The molecule has 0 saturated carbocycles. The Hall–Kier alpha value is -2.36. The fraction of sp³-hybridized carbons (Fsp3) is 0. The summed E-state index contributed by atoms with van der Waals surface area (Å²) in [5, 5.41) is 9.03. The van der Waals surface area contributed by atoms with Gasteiger partial charge < -0.3 is 10.8 Å². The molecule has 2 aromatic carbocycles. The highest BCUT2D eigenvalue weighted by atomic mass is 19.1. The first-order valence-electron chi connectivity index (χ1n) is 4.96. The second-order valence-electron chi connectivity index (χ2n) is 3.62. The number of nitrogen functional groups attached to an aromatic ring is 1. The molecule has 0 atom stereocenters. The zero-order valence-electron chi connectivity index (χ0n) is 8.85. The van der Waals surface area contributed by atoms with E-state index in [1.165, 1.54) is 12.1 Å². The molecule has 0 fully saturated rings. The molecule has 0 heterocycles. The lowest BCUT2D eigenvalue weighted by molar-refractivity contribution is 0.0697. The van der Waals surface area contributed by atoms with Crippen molar-refractivity contribution in [2.45, 2.75) is 0 Å². The van der Waals surface area contributed by atoms with E-state index < -0.39 is 11.8 Å². The topological polar surface area (TPSA) is 63.3 Å². The van der Waals surface area contributed by atoms with Crippen LogP contribution in [0.3, 0.4) is 0 Å². The Kier molecular flexibility index (Phi) is 2.78. The van der Waals surface area contributed by atoms with Gasteiger partial charge in [0, 0.05) is 5.69 Å². The maximum atomic E-state index is 13.2. The Morgan fingerprint density at radius 2 is 1.94 bits per heavy atom. The minimum absolute atomic E-state index is 0.0528. The lowest BCUT2D eigenvalue weighted by Crippen LogP contribution is -2.00. The predicted molar refractivity (Wildman–Crippen MR) is 63.2 cm³/mol. The van der Waals surface area contributed by atoms with Crippen LogP contribution in [0.1, 0.15) is 10.4 Å². The van der Waals surface area contributed by atoms with E-state index in [4.69, 9.17) is 10.8 Å². The number of carboxylic acid groups (broad SMARTS) is 1. The summed E-state index contributed by atoms with van der Waals surface area (Å²) in [6, 6.07) is 10.2. The summed E-state index contributed by atoms with van der Waals surface area (Å²) in [5.74, 6) is -1.57. The average Bonchev–Trinajstić information content (AvgIpc) is 2.28. The molecule has 0 radical (unpaired) electrons. The van der Waals surface area contributed by atoms with Crippen molar-refractivity contribution < 1.29 is 14.3 Å². The summed E-state index contributed by atoms with van der Waals surface area (Å²) in [6.07, 6.45) is 0. The quantitative estimate of drug-likeness (QED) is 0.781. The van der Waals surface area contributed by atoms with E-state index in [0.717, 1.165) is 6.07 Å². The molecule has 0 saturated heterocycles. The predicted octanol–water partition coefficient (Wildman–Crippen LogP) is 2.77. The monoisotopic (exact) mass is 231 g/mol. The van der Waals surface area contributed by atoms with Gasteiger partial charge in [0.1, 0.15) is 5.82 Å². The van der Waals surface area contributed by atoms with Gasteiger partial charge in [-0.05, 0) is 41.5 Å². The van der Waals surface area contributed by atoms with Crippen molar-refractivity contribution >= 4 is 11.7 Å². The Morgan fingerprint density at radius 3 is 2.59 bits per heavy atom. The van der Waals surface area contributed by atoms with Crippen LogP contribution in [0.15, 0.2) is 42.5 Å². The van der Waals surface area contributed by atoms with E-state index in [9.17, 15) is 9.18 Å². The number of nitrogens with two attached hydrogens (primary N) is 1. The van der Waals surface area contributed by atoms with Crippen molar-refractivity contribution in [3.63, 3.8) is 0 Å². The maximum absolute atomic E-state index is 13.2. The molecule has 0 bridgehead atoms. The zero-order valence-corrected chi connectivity index (χ0v) is 8.85. The van der Waals surface area contributed by atoms with Crippen LogP contribution in [0.2, 0.25) is 0 Å². The van der Waals surface area contributed by atoms with Crippen LogP contribution in [0.5, 0.6) is 0 Å². The van der Waals surface area contributed by atoms with Gasteiger partial charge in [-0.2, -0.15) is 0 Å². The Balaban J connectivity index is 2.65. The van der Waals surface area contributed by atoms with Crippen LogP contribution < -0.4 is 5.73 Å². The summed E-state index contributed by atoms with van der Waals surface area (Å²) in [5.41, 5.74) is 7.08. The number of carboxylic acids is 1. The molecule has 3 N–H and O–H groups in total. The van der Waals surface area contributed by atoms with Gasteiger partial charge in [-0.15, -0.1) is 0 Å². The van der Waals surface area contributed by atoms with E-state index in [2.05, 4.69) is 0 Å². The molecule has 86 valence electrons. The molecule has 17 heavy (non-hydrogen) atoms. The van der Waals surface area contributed by atoms with Gasteiger partial charge in [-0.1, -0.05) is 12.1 Å². The first-order chi connectivity index (χ1) is 8.08. The lowest BCUT2D eigenvalue weighted by atomic mass is 9.99. The van der Waals surface area contributed by atoms with Gasteiger partial charge in [0.25, 0.3) is 0 Å². The number of carbonyl (C=O) groups is 1. The molecule has 2 rings (SSSR count). The van der Waals surface area contributed by atoms with Crippen LogP contribution in [-0.2, 0) is 0 Å². The number of halogens is 1. The highest BCUT2D eigenvalue weighted by Crippen LogP contribution is 2.26. The van der Waals surface area contributed by atoms with Crippen LogP contribution in [-0.4, -0.2) is 11.1 Å². The number of aromatic carboxylic acids is 1. The molecule has 0 amide bonds. The SMILES string of the molecule is Nc1cccc(-c2cc(F)ccc2C(=O)O)c1. The molecule has 0 unspecified atom stereocenters. The van der Waals surface area contributed by atoms with E-state index in [-0.39, 0.29) is 5.56 Å². The third kappa shape index (κ3) is 2.25. The fourth-order valence-electron chi connectivity index (χ4n) is 1.65. The minimum atomic E-state index is -1.09. The maximum Gasteiger partial charge on any atom is 0.336 e. The average molecular weight is 231 g/mol. The molecule has 0 aliphatic heterocycles. The number of rotatable bonds is 2. The first kappa shape index (κ1) is 11.1. The van der Waals surface area contributed by atoms with Crippen molar-refractivity contribution in [3.05, 3.63) is 53.8 Å². The van der Waals surface area contributed by atoms with Crippen molar-refractivity contribution in [1.82, 2.24) is 0 Å². The summed E-state index contributed by atoms with van der Waals surface area (Å²) < 4.78 is 13.2. The van der Waals surface area contributed by atoms with Crippen molar-refractivity contribution in [2.24, 2.45) is 0 Å². The molecule has 0 spiro atoms.